The van der Waals surface area contributed by atoms with Crippen molar-refractivity contribution < 1.29 is 0 Å². The maximum Gasteiger partial charge on any atom is 0.160 e. The van der Waals surface area contributed by atoms with Crippen LogP contribution in [0.15, 0.2) is 194 Å². The minimum atomic E-state index is 0.337. The zero-order valence-corrected chi connectivity index (χ0v) is 28.5. The van der Waals surface area contributed by atoms with Crippen LogP contribution in [0.25, 0.3) is 82.9 Å². The maximum atomic E-state index is 5.22. The molecule has 2 aliphatic rings. The lowest BCUT2D eigenvalue weighted by Crippen LogP contribution is -2.11. The van der Waals surface area contributed by atoms with E-state index in [2.05, 4.69) is 182 Å². The molecule has 2 heteroatoms. The van der Waals surface area contributed by atoms with Crippen LogP contribution < -0.4 is 0 Å². The Morgan fingerprint density at radius 1 is 0.385 bits per heavy atom. The first kappa shape index (κ1) is 30.2. The molecule has 0 amide bonds. The van der Waals surface area contributed by atoms with Gasteiger partial charge >= 0.3 is 0 Å². The summed E-state index contributed by atoms with van der Waals surface area (Å²) in [6.07, 6.45) is 16.1. The number of benzene rings is 7. The number of aromatic nitrogens is 2. The fourth-order valence-electron chi connectivity index (χ4n) is 8.02. The van der Waals surface area contributed by atoms with E-state index in [0.29, 0.717) is 17.7 Å². The van der Waals surface area contributed by atoms with E-state index >= 15 is 0 Å². The van der Waals surface area contributed by atoms with Gasteiger partial charge in [-0.2, -0.15) is 0 Å². The van der Waals surface area contributed by atoms with Gasteiger partial charge in [0, 0.05) is 28.5 Å². The lowest BCUT2D eigenvalue weighted by Gasteiger charge is -2.25. The number of hydrogen-bond donors (Lipinski definition) is 0. The third kappa shape index (κ3) is 5.28. The summed E-state index contributed by atoms with van der Waals surface area (Å²) in [5.74, 6) is 1.44. The van der Waals surface area contributed by atoms with Crippen LogP contribution in [0.1, 0.15) is 5.56 Å². The van der Waals surface area contributed by atoms with E-state index in [4.69, 9.17) is 9.97 Å². The Hall–Kier alpha value is -6.64. The molecule has 52 heavy (non-hydrogen) atoms. The van der Waals surface area contributed by atoms with Crippen molar-refractivity contribution in [1.82, 2.24) is 9.97 Å². The number of hydrogen-bond acceptors (Lipinski definition) is 2. The first-order valence-corrected chi connectivity index (χ1v) is 18.0. The zero-order chi connectivity index (χ0) is 34.4. The largest absolute Gasteiger partial charge is 0.228 e. The molecule has 0 bridgehead atoms. The topological polar surface area (TPSA) is 25.8 Å². The zero-order valence-electron chi connectivity index (χ0n) is 28.5. The molecule has 0 saturated heterocycles. The quantitative estimate of drug-likeness (QED) is 0.171. The maximum absolute atomic E-state index is 5.22. The van der Waals surface area contributed by atoms with Gasteiger partial charge in [0.15, 0.2) is 5.82 Å². The van der Waals surface area contributed by atoms with Gasteiger partial charge in [-0.25, -0.2) is 9.97 Å². The van der Waals surface area contributed by atoms with Crippen LogP contribution in [0.2, 0.25) is 0 Å². The van der Waals surface area contributed by atoms with Gasteiger partial charge in [0.25, 0.3) is 0 Å². The van der Waals surface area contributed by atoms with Crippen molar-refractivity contribution in [3.63, 3.8) is 0 Å². The Morgan fingerprint density at radius 2 is 0.981 bits per heavy atom. The molecule has 244 valence electrons. The van der Waals surface area contributed by atoms with Crippen molar-refractivity contribution in [3.8, 4) is 45.0 Å². The molecular formula is C50H34N2. The summed E-state index contributed by atoms with van der Waals surface area (Å²) in [4.78, 5) is 10.4. The van der Waals surface area contributed by atoms with Crippen LogP contribution in [0, 0.1) is 11.8 Å². The van der Waals surface area contributed by atoms with Crippen molar-refractivity contribution >= 4 is 37.9 Å². The highest BCUT2D eigenvalue weighted by molar-refractivity contribution is 6.20. The van der Waals surface area contributed by atoms with Crippen LogP contribution in [0.4, 0.5) is 0 Å². The number of fused-ring (bicyclic) bond motifs is 4. The number of allylic oxidation sites excluding steroid dienone is 8. The fraction of sp³-hybridized carbons (Fsp3) is 0.0400. The Kier molecular flexibility index (Phi) is 7.32. The first-order valence-electron chi connectivity index (χ1n) is 18.0. The summed E-state index contributed by atoms with van der Waals surface area (Å²) in [5.41, 5.74) is 9.87. The van der Waals surface area contributed by atoms with Gasteiger partial charge in [0.2, 0.25) is 0 Å². The predicted molar refractivity (Wildman–Crippen MR) is 219 cm³/mol. The van der Waals surface area contributed by atoms with E-state index < -0.39 is 0 Å². The second kappa shape index (κ2) is 12.6. The molecule has 0 saturated carbocycles. The van der Waals surface area contributed by atoms with Crippen molar-refractivity contribution in [2.45, 2.75) is 0 Å². The number of rotatable bonds is 5. The molecule has 2 aliphatic carbocycles. The normalized spacial score (nSPS) is 16.3. The SMILES string of the molecule is C1=CC2C=CC(c3c4ccccc4c(-c4ccc5ccccc5c4)c4cc(-c5nc(-c6ccccc6)cc(-c6ccccc6)n5)ccc34)=CC2C=C1. The van der Waals surface area contributed by atoms with Gasteiger partial charge in [-0.15, -0.1) is 0 Å². The Morgan fingerprint density at radius 3 is 1.71 bits per heavy atom. The van der Waals surface area contributed by atoms with E-state index in [-0.39, 0.29) is 0 Å². The summed E-state index contributed by atoms with van der Waals surface area (Å²) >= 11 is 0. The van der Waals surface area contributed by atoms with Gasteiger partial charge in [-0.3, -0.25) is 0 Å². The molecular weight excluding hydrogens is 629 g/mol. The third-order valence-corrected chi connectivity index (χ3v) is 10.6. The van der Waals surface area contributed by atoms with E-state index in [1.807, 2.05) is 12.1 Å². The van der Waals surface area contributed by atoms with Gasteiger partial charge in [-0.1, -0.05) is 176 Å². The van der Waals surface area contributed by atoms with Crippen LogP contribution in [-0.2, 0) is 0 Å². The predicted octanol–water partition coefficient (Wildman–Crippen LogP) is 12.9. The molecule has 0 aliphatic heterocycles. The highest BCUT2D eigenvalue weighted by Crippen LogP contribution is 2.45. The van der Waals surface area contributed by atoms with Crippen molar-refractivity contribution in [1.29, 1.82) is 0 Å². The summed E-state index contributed by atoms with van der Waals surface area (Å²) in [5, 5.41) is 7.36. The van der Waals surface area contributed by atoms with Gasteiger partial charge in [0.05, 0.1) is 11.4 Å². The summed E-state index contributed by atoms with van der Waals surface area (Å²) < 4.78 is 0. The average molecular weight is 663 g/mol. The van der Waals surface area contributed by atoms with Crippen LogP contribution >= 0.6 is 0 Å². The third-order valence-electron chi connectivity index (χ3n) is 10.6. The molecule has 10 rings (SSSR count). The molecule has 0 N–H and O–H groups in total. The minimum Gasteiger partial charge on any atom is -0.228 e. The fourth-order valence-corrected chi connectivity index (χ4v) is 8.02. The molecule has 8 aromatic rings. The van der Waals surface area contributed by atoms with Gasteiger partial charge in [-0.05, 0) is 72.8 Å². The lowest BCUT2D eigenvalue weighted by molar-refractivity contribution is 0.663. The molecule has 0 fully saturated rings. The molecule has 2 atom stereocenters. The molecule has 1 heterocycles. The average Bonchev–Trinajstić information content (AvgIpc) is 3.22. The van der Waals surface area contributed by atoms with Crippen molar-refractivity contribution in [2.24, 2.45) is 11.8 Å². The summed E-state index contributed by atoms with van der Waals surface area (Å²) in [6.45, 7) is 0. The standard InChI is InChI=1S/C50H34N2/c1-3-15-35(16-4-1)46-32-47(36-17-5-2-6-18-36)52-50(51-46)41-27-28-44-45(31-41)49(40-26-24-34-14-8-10-20-38(34)30-40)43-22-12-11-21-42(43)48(44)39-25-23-33-13-7-9-19-37(33)29-39/h1-33,37H. The molecule has 0 radical (unpaired) electrons. The van der Waals surface area contributed by atoms with Crippen LogP contribution in [0.3, 0.4) is 0 Å². The lowest BCUT2D eigenvalue weighted by atomic mass is 9.79. The summed E-state index contributed by atoms with van der Waals surface area (Å²) in [6, 6.07) is 54.1. The Bertz CT molecular complexity index is 2730. The summed E-state index contributed by atoms with van der Waals surface area (Å²) in [7, 11) is 0. The molecule has 2 nitrogen and oxygen atoms in total. The van der Waals surface area contributed by atoms with Crippen molar-refractivity contribution in [2.75, 3.05) is 0 Å². The Balaban J connectivity index is 1.26. The van der Waals surface area contributed by atoms with Crippen LogP contribution in [-0.4, -0.2) is 9.97 Å². The smallest absolute Gasteiger partial charge is 0.160 e. The first-order chi connectivity index (χ1) is 25.8. The second-order valence-corrected chi connectivity index (χ2v) is 13.7. The minimum absolute atomic E-state index is 0.337. The molecule has 1 aromatic heterocycles. The van der Waals surface area contributed by atoms with E-state index in [9.17, 15) is 0 Å². The van der Waals surface area contributed by atoms with E-state index in [0.717, 1.165) is 28.1 Å². The highest BCUT2D eigenvalue weighted by atomic mass is 14.9. The van der Waals surface area contributed by atoms with E-state index in [1.165, 1.54) is 54.6 Å². The van der Waals surface area contributed by atoms with Gasteiger partial charge < -0.3 is 0 Å². The molecule has 0 spiro atoms. The Labute approximate surface area is 303 Å². The monoisotopic (exact) mass is 662 g/mol. The second-order valence-electron chi connectivity index (χ2n) is 13.7. The molecule has 2 unspecified atom stereocenters. The van der Waals surface area contributed by atoms with Gasteiger partial charge in [0.1, 0.15) is 0 Å². The molecule has 7 aromatic carbocycles. The van der Waals surface area contributed by atoms with Crippen molar-refractivity contribution in [3.05, 3.63) is 200 Å². The highest BCUT2D eigenvalue weighted by Gasteiger charge is 2.23. The number of nitrogens with zero attached hydrogens (tertiary/aromatic N) is 2. The van der Waals surface area contributed by atoms with E-state index in [1.54, 1.807) is 0 Å². The van der Waals surface area contributed by atoms with Crippen LogP contribution in [0.5, 0.6) is 0 Å².